The lowest BCUT2D eigenvalue weighted by Crippen LogP contribution is -2.37. The summed E-state index contributed by atoms with van der Waals surface area (Å²) in [5.41, 5.74) is 6.22. The highest BCUT2D eigenvalue weighted by molar-refractivity contribution is 5.82. The third-order valence-electron chi connectivity index (χ3n) is 2.63. The van der Waals surface area contributed by atoms with Gasteiger partial charge in [-0.05, 0) is 19.8 Å². The Morgan fingerprint density at radius 2 is 2.19 bits per heavy atom. The molecule has 1 fully saturated rings. The third-order valence-corrected chi connectivity index (χ3v) is 2.63. The van der Waals surface area contributed by atoms with Gasteiger partial charge in [0.05, 0.1) is 13.3 Å². The van der Waals surface area contributed by atoms with Gasteiger partial charge in [-0.3, -0.25) is 0 Å². The van der Waals surface area contributed by atoms with Crippen molar-refractivity contribution in [2.45, 2.75) is 38.4 Å². The van der Waals surface area contributed by atoms with Crippen LogP contribution in [0, 0.1) is 0 Å². The molecular weight excluding hydrogens is 210 g/mol. The quantitative estimate of drug-likeness (QED) is 0.420. The molecule has 0 bridgehead atoms. The molecule has 5 heteroatoms. The number of rotatable bonds is 4. The van der Waals surface area contributed by atoms with Gasteiger partial charge in [-0.2, -0.15) is 0 Å². The molecule has 0 heterocycles. The van der Waals surface area contributed by atoms with E-state index >= 15 is 0 Å². The SMILES string of the molecule is CCOC(=O)C=C1CCC(O)(OCN)CC1. The van der Waals surface area contributed by atoms with E-state index in [0.717, 1.165) is 5.57 Å². The monoisotopic (exact) mass is 229 g/mol. The normalized spacial score (nSPS) is 25.3. The second-order valence-electron chi connectivity index (χ2n) is 3.81. The number of allylic oxidation sites excluding steroid dienone is 1. The topological polar surface area (TPSA) is 81.8 Å². The molecule has 1 saturated carbocycles. The van der Waals surface area contributed by atoms with E-state index in [-0.39, 0.29) is 12.7 Å². The number of hydrogen-bond donors (Lipinski definition) is 2. The second-order valence-corrected chi connectivity index (χ2v) is 3.81. The number of aliphatic hydroxyl groups is 1. The molecular formula is C11H19NO4. The van der Waals surface area contributed by atoms with E-state index in [0.29, 0.717) is 32.3 Å². The molecule has 1 aliphatic rings. The molecule has 92 valence electrons. The molecule has 0 aliphatic heterocycles. The van der Waals surface area contributed by atoms with Gasteiger partial charge in [-0.25, -0.2) is 4.79 Å². The van der Waals surface area contributed by atoms with Crippen LogP contribution in [0.4, 0.5) is 0 Å². The first kappa shape index (κ1) is 13.2. The average molecular weight is 229 g/mol. The van der Waals surface area contributed by atoms with E-state index in [1.54, 1.807) is 6.92 Å². The van der Waals surface area contributed by atoms with Crippen molar-refractivity contribution in [3.63, 3.8) is 0 Å². The number of carbonyl (C=O) groups excluding carboxylic acids is 1. The van der Waals surface area contributed by atoms with Gasteiger partial charge in [0.2, 0.25) is 0 Å². The molecule has 0 atom stereocenters. The summed E-state index contributed by atoms with van der Waals surface area (Å²) in [6.45, 7) is 2.15. The molecule has 0 amide bonds. The summed E-state index contributed by atoms with van der Waals surface area (Å²) in [5.74, 6) is -1.44. The number of ether oxygens (including phenoxy) is 2. The van der Waals surface area contributed by atoms with Crippen molar-refractivity contribution in [3.05, 3.63) is 11.6 Å². The van der Waals surface area contributed by atoms with Crippen LogP contribution in [0.3, 0.4) is 0 Å². The van der Waals surface area contributed by atoms with Crippen LogP contribution < -0.4 is 5.73 Å². The van der Waals surface area contributed by atoms with E-state index in [9.17, 15) is 9.90 Å². The highest BCUT2D eigenvalue weighted by Gasteiger charge is 2.31. The number of nitrogens with two attached hydrogens (primary N) is 1. The molecule has 1 aliphatic carbocycles. The zero-order valence-electron chi connectivity index (χ0n) is 9.57. The summed E-state index contributed by atoms with van der Waals surface area (Å²) in [7, 11) is 0. The highest BCUT2D eigenvalue weighted by atomic mass is 16.6. The Hall–Kier alpha value is -0.910. The lowest BCUT2D eigenvalue weighted by Gasteiger charge is -2.32. The lowest BCUT2D eigenvalue weighted by molar-refractivity contribution is -0.214. The Morgan fingerprint density at radius 3 is 2.69 bits per heavy atom. The highest BCUT2D eigenvalue weighted by Crippen LogP contribution is 2.32. The van der Waals surface area contributed by atoms with Crippen LogP contribution in [-0.4, -0.2) is 30.2 Å². The Labute approximate surface area is 95.2 Å². The fourth-order valence-electron chi connectivity index (χ4n) is 1.76. The maximum atomic E-state index is 11.2. The van der Waals surface area contributed by atoms with Gasteiger partial charge in [-0.1, -0.05) is 5.57 Å². The van der Waals surface area contributed by atoms with Gasteiger partial charge in [0.25, 0.3) is 0 Å². The van der Waals surface area contributed by atoms with Gasteiger partial charge in [0, 0.05) is 18.9 Å². The van der Waals surface area contributed by atoms with Gasteiger partial charge in [0.1, 0.15) is 0 Å². The Morgan fingerprint density at radius 1 is 1.56 bits per heavy atom. The van der Waals surface area contributed by atoms with Gasteiger partial charge >= 0.3 is 5.97 Å². The summed E-state index contributed by atoms with van der Waals surface area (Å²) in [6, 6.07) is 0. The van der Waals surface area contributed by atoms with E-state index in [1.165, 1.54) is 6.08 Å². The molecule has 0 aromatic heterocycles. The summed E-state index contributed by atoms with van der Waals surface area (Å²) in [5, 5.41) is 9.88. The molecule has 0 aromatic rings. The Kier molecular flexibility index (Phi) is 4.92. The maximum absolute atomic E-state index is 11.2. The molecule has 0 saturated heterocycles. The van der Waals surface area contributed by atoms with Crippen molar-refractivity contribution in [2.75, 3.05) is 13.3 Å². The summed E-state index contributed by atoms with van der Waals surface area (Å²) in [6.07, 6.45) is 3.71. The minimum absolute atomic E-state index is 0.00737. The summed E-state index contributed by atoms with van der Waals surface area (Å²) < 4.78 is 9.88. The fraction of sp³-hybridized carbons (Fsp3) is 0.727. The zero-order chi connectivity index (χ0) is 12.0. The molecule has 1 rings (SSSR count). The lowest BCUT2D eigenvalue weighted by atomic mass is 9.89. The second kappa shape index (κ2) is 5.98. The predicted octanol–water partition coefficient (Wildman–Crippen LogP) is 0.671. The Balaban J connectivity index is 2.45. The van der Waals surface area contributed by atoms with Crippen molar-refractivity contribution < 1.29 is 19.4 Å². The summed E-state index contributed by atoms with van der Waals surface area (Å²) >= 11 is 0. The largest absolute Gasteiger partial charge is 0.463 e. The Bertz CT molecular complexity index is 265. The van der Waals surface area contributed by atoms with E-state index in [1.807, 2.05) is 0 Å². The van der Waals surface area contributed by atoms with E-state index in [4.69, 9.17) is 15.2 Å². The fourth-order valence-corrected chi connectivity index (χ4v) is 1.76. The van der Waals surface area contributed by atoms with Gasteiger partial charge in [0.15, 0.2) is 5.79 Å². The molecule has 0 unspecified atom stereocenters. The number of carbonyl (C=O) groups is 1. The molecule has 3 N–H and O–H groups in total. The first-order valence-electron chi connectivity index (χ1n) is 5.52. The standard InChI is InChI=1S/C11H19NO4/c1-2-15-10(13)7-9-3-5-11(14,6-4-9)16-8-12/h7,14H,2-6,8,12H2,1H3. The predicted molar refractivity (Wildman–Crippen MR) is 58.3 cm³/mol. The summed E-state index contributed by atoms with van der Waals surface area (Å²) in [4.78, 5) is 11.2. The average Bonchev–Trinajstić information content (AvgIpc) is 2.22. The van der Waals surface area contributed by atoms with Crippen molar-refractivity contribution in [3.8, 4) is 0 Å². The van der Waals surface area contributed by atoms with E-state index in [2.05, 4.69) is 0 Å². The van der Waals surface area contributed by atoms with Crippen LogP contribution in [0.2, 0.25) is 0 Å². The van der Waals surface area contributed by atoms with Gasteiger partial charge in [-0.15, -0.1) is 0 Å². The van der Waals surface area contributed by atoms with Crippen LogP contribution >= 0.6 is 0 Å². The van der Waals surface area contributed by atoms with Crippen LogP contribution in [0.25, 0.3) is 0 Å². The first-order chi connectivity index (χ1) is 7.59. The zero-order valence-corrected chi connectivity index (χ0v) is 9.57. The van der Waals surface area contributed by atoms with Crippen LogP contribution in [-0.2, 0) is 14.3 Å². The van der Waals surface area contributed by atoms with E-state index < -0.39 is 5.79 Å². The van der Waals surface area contributed by atoms with Crippen molar-refractivity contribution in [1.82, 2.24) is 0 Å². The van der Waals surface area contributed by atoms with Crippen molar-refractivity contribution >= 4 is 5.97 Å². The number of hydrogen-bond acceptors (Lipinski definition) is 5. The molecule has 0 radical (unpaired) electrons. The first-order valence-corrected chi connectivity index (χ1v) is 5.52. The van der Waals surface area contributed by atoms with Crippen LogP contribution in [0.1, 0.15) is 32.6 Å². The minimum Gasteiger partial charge on any atom is -0.463 e. The molecule has 16 heavy (non-hydrogen) atoms. The molecule has 5 nitrogen and oxygen atoms in total. The molecule has 0 spiro atoms. The number of esters is 1. The van der Waals surface area contributed by atoms with Crippen LogP contribution in [0.5, 0.6) is 0 Å². The maximum Gasteiger partial charge on any atom is 0.330 e. The smallest absolute Gasteiger partial charge is 0.330 e. The minimum atomic E-state index is -1.12. The molecule has 0 aromatic carbocycles. The van der Waals surface area contributed by atoms with Crippen molar-refractivity contribution in [2.24, 2.45) is 5.73 Å². The van der Waals surface area contributed by atoms with Gasteiger partial charge < -0.3 is 20.3 Å². The van der Waals surface area contributed by atoms with Crippen LogP contribution in [0.15, 0.2) is 11.6 Å². The third kappa shape index (κ3) is 3.92. The van der Waals surface area contributed by atoms with Crippen molar-refractivity contribution in [1.29, 1.82) is 0 Å².